The van der Waals surface area contributed by atoms with Crippen molar-refractivity contribution >= 4 is 21.6 Å². The number of piperidine rings is 1. The molecule has 1 saturated heterocycles. The number of hydrogen-bond donors (Lipinski definition) is 0. The fourth-order valence-corrected chi connectivity index (χ4v) is 4.89. The predicted octanol–water partition coefficient (Wildman–Crippen LogP) is 5.03. The Balaban J connectivity index is 1.28. The largest absolute Gasteiger partial charge is 0.338 e. The molecule has 142 valence electrons. The van der Waals surface area contributed by atoms with Crippen LogP contribution < -0.4 is 0 Å². The number of benzene rings is 2. The van der Waals surface area contributed by atoms with Crippen LogP contribution >= 0.6 is 11.3 Å². The summed E-state index contributed by atoms with van der Waals surface area (Å²) < 4.78 is 6.80. The van der Waals surface area contributed by atoms with Crippen LogP contribution in [0.4, 0.5) is 0 Å². The number of nitrogens with zero attached hydrogens (tertiary/aromatic N) is 4. The van der Waals surface area contributed by atoms with Crippen molar-refractivity contribution in [3.63, 3.8) is 0 Å². The van der Waals surface area contributed by atoms with E-state index in [0.29, 0.717) is 24.2 Å². The van der Waals surface area contributed by atoms with Crippen LogP contribution in [0.15, 0.2) is 53.1 Å². The van der Waals surface area contributed by atoms with Gasteiger partial charge in [0.1, 0.15) is 0 Å². The van der Waals surface area contributed by atoms with Crippen LogP contribution in [0, 0.1) is 6.92 Å². The van der Waals surface area contributed by atoms with Crippen molar-refractivity contribution < 1.29 is 4.52 Å². The highest BCUT2D eigenvalue weighted by Crippen LogP contribution is 2.33. The molecule has 4 aromatic rings. The maximum absolute atomic E-state index is 5.53. The molecular weight excluding hydrogens is 368 g/mol. The van der Waals surface area contributed by atoms with Crippen molar-refractivity contribution in [3.8, 4) is 11.4 Å². The Morgan fingerprint density at radius 3 is 2.82 bits per heavy atom. The molecule has 0 radical (unpaired) electrons. The molecule has 0 spiro atoms. The fraction of sp³-hybridized carbons (Fsp3) is 0.318. The highest BCUT2D eigenvalue weighted by Gasteiger charge is 2.25. The van der Waals surface area contributed by atoms with Crippen molar-refractivity contribution in [2.24, 2.45) is 0 Å². The molecule has 0 aliphatic carbocycles. The molecule has 5 nitrogen and oxygen atoms in total. The van der Waals surface area contributed by atoms with Gasteiger partial charge in [-0.1, -0.05) is 47.1 Å². The zero-order valence-corrected chi connectivity index (χ0v) is 16.7. The molecule has 0 N–H and O–H groups in total. The van der Waals surface area contributed by atoms with Crippen molar-refractivity contribution in [3.05, 3.63) is 65.0 Å². The number of likely N-dealkylation sites (tertiary alicyclic amines) is 1. The summed E-state index contributed by atoms with van der Waals surface area (Å²) in [4.78, 5) is 11.9. The van der Waals surface area contributed by atoms with E-state index in [9.17, 15) is 0 Å². The highest BCUT2D eigenvalue weighted by atomic mass is 32.1. The first-order chi connectivity index (χ1) is 13.7. The van der Waals surface area contributed by atoms with Crippen LogP contribution in [0.2, 0.25) is 0 Å². The summed E-state index contributed by atoms with van der Waals surface area (Å²) >= 11 is 1.83. The van der Waals surface area contributed by atoms with Gasteiger partial charge in [-0.2, -0.15) is 4.98 Å². The van der Waals surface area contributed by atoms with Crippen LogP contribution in [-0.2, 0) is 6.54 Å². The van der Waals surface area contributed by atoms with E-state index in [1.54, 1.807) is 0 Å². The maximum atomic E-state index is 5.53. The number of para-hydroxylation sites is 1. The lowest BCUT2D eigenvalue weighted by atomic mass is 9.99. The van der Waals surface area contributed by atoms with E-state index in [1.165, 1.54) is 28.1 Å². The topological polar surface area (TPSA) is 55.1 Å². The summed E-state index contributed by atoms with van der Waals surface area (Å²) in [6, 6.07) is 16.6. The average Bonchev–Trinajstić information content (AvgIpc) is 3.36. The van der Waals surface area contributed by atoms with Gasteiger partial charge in [-0.3, -0.25) is 4.90 Å². The van der Waals surface area contributed by atoms with Gasteiger partial charge < -0.3 is 4.52 Å². The SMILES string of the molecule is Cc1ccc(-c2noc(CN3CCCC(c4nc5ccccc5s4)C3)n2)cc1. The molecule has 0 bridgehead atoms. The fourth-order valence-electron chi connectivity index (χ4n) is 3.80. The van der Waals surface area contributed by atoms with Crippen molar-refractivity contribution in [1.82, 2.24) is 20.0 Å². The molecule has 1 atom stereocenters. The predicted molar refractivity (Wildman–Crippen MR) is 111 cm³/mol. The molecule has 0 saturated carbocycles. The summed E-state index contributed by atoms with van der Waals surface area (Å²) in [5.74, 6) is 1.82. The second-order valence-electron chi connectivity index (χ2n) is 7.47. The normalized spacial score (nSPS) is 18.0. The minimum atomic E-state index is 0.477. The van der Waals surface area contributed by atoms with Crippen molar-refractivity contribution in [1.29, 1.82) is 0 Å². The summed E-state index contributed by atoms with van der Waals surface area (Å²) in [6.45, 7) is 4.82. The summed E-state index contributed by atoms with van der Waals surface area (Å²) in [6.07, 6.45) is 2.36. The van der Waals surface area contributed by atoms with Crippen LogP contribution in [0.25, 0.3) is 21.6 Å². The third-order valence-corrected chi connectivity index (χ3v) is 6.50. The molecule has 2 aromatic carbocycles. The van der Waals surface area contributed by atoms with Crippen LogP contribution in [-0.4, -0.2) is 33.1 Å². The summed E-state index contributed by atoms with van der Waals surface area (Å²) in [5.41, 5.74) is 3.33. The first-order valence-electron chi connectivity index (χ1n) is 9.72. The van der Waals surface area contributed by atoms with E-state index in [1.807, 2.05) is 23.5 Å². The first kappa shape index (κ1) is 17.5. The van der Waals surface area contributed by atoms with E-state index >= 15 is 0 Å². The lowest BCUT2D eigenvalue weighted by Crippen LogP contribution is -2.33. The van der Waals surface area contributed by atoms with E-state index in [0.717, 1.165) is 24.2 Å². The molecule has 6 heteroatoms. The van der Waals surface area contributed by atoms with Crippen LogP contribution in [0.1, 0.15) is 35.2 Å². The number of hydrogen-bond acceptors (Lipinski definition) is 6. The Morgan fingerprint density at radius 1 is 1.11 bits per heavy atom. The number of thiazole rings is 1. The number of rotatable bonds is 4. The Morgan fingerprint density at radius 2 is 1.96 bits per heavy atom. The van der Waals surface area contributed by atoms with Gasteiger partial charge in [0.25, 0.3) is 0 Å². The lowest BCUT2D eigenvalue weighted by molar-refractivity contribution is 0.177. The van der Waals surface area contributed by atoms with Gasteiger partial charge in [-0.05, 0) is 38.4 Å². The molecule has 1 unspecified atom stereocenters. The van der Waals surface area contributed by atoms with Crippen molar-refractivity contribution in [2.75, 3.05) is 13.1 Å². The third-order valence-electron chi connectivity index (χ3n) is 5.30. The molecule has 1 aliphatic heterocycles. The zero-order chi connectivity index (χ0) is 18.9. The van der Waals surface area contributed by atoms with E-state index in [-0.39, 0.29) is 0 Å². The second kappa shape index (κ2) is 7.45. The standard InChI is InChI=1S/C22H22N4OS/c1-15-8-10-16(11-9-15)21-24-20(27-25-21)14-26-12-4-5-17(13-26)22-23-18-6-2-3-7-19(18)28-22/h2-3,6-11,17H,4-5,12-14H2,1H3. The van der Waals surface area contributed by atoms with Gasteiger partial charge in [0.05, 0.1) is 21.8 Å². The Hall–Kier alpha value is -2.57. The van der Waals surface area contributed by atoms with Gasteiger partial charge in [0.2, 0.25) is 11.7 Å². The smallest absolute Gasteiger partial charge is 0.241 e. The maximum Gasteiger partial charge on any atom is 0.241 e. The van der Waals surface area contributed by atoms with Gasteiger partial charge in [0.15, 0.2) is 0 Å². The van der Waals surface area contributed by atoms with Gasteiger partial charge in [0, 0.05) is 18.0 Å². The summed E-state index contributed by atoms with van der Waals surface area (Å²) in [7, 11) is 0. The average molecular weight is 391 g/mol. The van der Waals surface area contributed by atoms with Gasteiger partial charge >= 0.3 is 0 Å². The molecule has 1 aliphatic rings. The Labute approximate surface area is 168 Å². The van der Waals surface area contributed by atoms with E-state index in [4.69, 9.17) is 9.51 Å². The Bertz CT molecular complexity index is 1050. The van der Waals surface area contributed by atoms with E-state index in [2.05, 4.69) is 58.4 Å². The number of fused-ring (bicyclic) bond motifs is 1. The lowest BCUT2D eigenvalue weighted by Gasteiger charge is -2.30. The monoisotopic (exact) mass is 390 g/mol. The van der Waals surface area contributed by atoms with Gasteiger partial charge in [-0.15, -0.1) is 11.3 Å². The van der Waals surface area contributed by atoms with E-state index < -0.39 is 0 Å². The van der Waals surface area contributed by atoms with Crippen molar-refractivity contribution in [2.45, 2.75) is 32.2 Å². The highest BCUT2D eigenvalue weighted by molar-refractivity contribution is 7.18. The molecular formula is C22H22N4OS. The summed E-state index contributed by atoms with van der Waals surface area (Å²) in [5, 5.41) is 5.41. The molecule has 2 aromatic heterocycles. The molecule has 28 heavy (non-hydrogen) atoms. The van der Waals surface area contributed by atoms with Crippen LogP contribution in [0.5, 0.6) is 0 Å². The minimum absolute atomic E-state index is 0.477. The van der Waals surface area contributed by atoms with Crippen LogP contribution in [0.3, 0.4) is 0 Å². The molecule has 1 fully saturated rings. The number of aromatic nitrogens is 3. The quantitative estimate of drug-likeness (QED) is 0.489. The van der Waals surface area contributed by atoms with Gasteiger partial charge in [-0.25, -0.2) is 4.98 Å². The Kier molecular flexibility index (Phi) is 4.66. The third kappa shape index (κ3) is 3.57. The minimum Gasteiger partial charge on any atom is -0.338 e. The first-order valence-corrected chi connectivity index (χ1v) is 10.5. The second-order valence-corrected chi connectivity index (χ2v) is 8.53. The number of aryl methyl sites for hydroxylation is 1. The molecule has 5 rings (SSSR count). The zero-order valence-electron chi connectivity index (χ0n) is 15.8. The molecule has 0 amide bonds. The molecule has 3 heterocycles.